The number of piperazine rings is 1. The first-order valence-electron chi connectivity index (χ1n) is 6.95. The molecule has 0 aromatic heterocycles. The van der Waals surface area contributed by atoms with E-state index < -0.39 is 15.8 Å². The summed E-state index contributed by atoms with van der Waals surface area (Å²) in [6.07, 6.45) is -0.167. The van der Waals surface area contributed by atoms with Crippen LogP contribution in [0.3, 0.4) is 0 Å². The third kappa shape index (κ3) is 3.72. The smallest absolute Gasteiger partial charge is 0.243 e. The molecule has 7 heteroatoms. The third-order valence-corrected chi connectivity index (χ3v) is 5.26. The second kappa shape index (κ2) is 6.29. The molecule has 1 aliphatic rings. The molecule has 0 bridgehead atoms. The minimum absolute atomic E-state index is 0.0272. The van der Waals surface area contributed by atoms with Crippen molar-refractivity contribution in [2.45, 2.75) is 24.8 Å². The summed E-state index contributed by atoms with van der Waals surface area (Å²) in [6.45, 7) is 5.77. The standard InChI is InChI=1S/C14H21FN2O3S/c1-11(2)20-14-5-4-12(10-13(14)15)21(18,19)17-8-6-16(3)7-9-17/h4-5,10-11H,6-9H2,1-3H3. The SMILES string of the molecule is CC(C)Oc1ccc(S(=O)(=O)N2CCN(C)CC2)cc1F. The first-order valence-corrected chi connectivity index (χ1v) is 8.39. The molecule has 2 rings (SSSR count). The first-order chi connectivity index (χ1) is 9.80. The van der Waals surface area contributed by atoms with E-state index in [0.29, 0.717) is 26.2 Å². The number of halogens is 1. The molecular weight excluding hydrogens is 295 g/mol. The molecule has 0 amide bonds. The van der Waals surface area contributed by atoms with Crippen molar-refractivity contribution in [2.24, 2.45) is 0 Å². The first kappa shape index (κ1) is 16.2. The van der Waals surface area contributed by atoms with E-state index in [1.165, 1.54) is 16.4 Å². The molecule has 0 spiro atoms. The van der Waals surface area contributed by atoms with E-state index in [4.69, 9.17) is 4.74 Å². The van der Waals surface area contributed by atoms with Gasteiger partial charge < -0.3 is 9.64 Å². The Bertz CT molecular complexity index is 596. The minimum atomic E-state index is -3.64. The maximum absolute atomic E-state index is 14.0. The van der Waals surface area contributed by atoms with Gasteiger partial charge in [0.15, 0.2) is 11.6 Å². The minimum Gasteiger partial charge on any atom is -0.488 e. The highest BCUT2D eigenvalue weighted by molar-refractivity contribution is 7.89. The Hall–Kier alpha value is -1.18. The third-order valence-electron chi connectivity index (χ3n) is 3.37. The summed E-state index contributed by atoms with van der Waals surface area (Å²) in [5.41, 5.74) is 0. The Kier molecular flexibility index (Phi) is 4.85. The topological polar surface area (TPSA) is 49.9 Å². The average molecular weight is 316 g/mol. The molecule has 118 valence electrons. The van der Waals surface area contributed by atoms with Gasteiger partial charge in [0.05, 0.1) is 11.0 Å². The lowest BCUT2D eigenvalue weighted by atomic mass is 10.3. The zero-order chi connectivity index (χ0) is 15.6. The maximum atomic E-state index is 14.0. The number of hydrogen-bond acceptors (Lipinski definition) is 4. The maximum Gasteiger partial charge on any atom is 0.243 e. The summed E-state index contributed by atoms with van der Waals surface area (Å²) >= 11 is 0. The van der Waals surface area contributed by atoms with Crippen LogP contribution in [0.4, 0.5) is 4.39 Å². The Morgan fingerprint density at radius 1 is 1.19 bits per heavy atom. The van der Waals surface area contributed by atoms with Gasteiger partial charge in [-0.1, -0.05) is 0 Å². The fourth-order valence-corrected chi connectivity index (χ4v) is 3.60. The molecule has 0 N–H and O–H groups in total. The highest BCUT2D eigenvalue weighted by Gasteiger charge is 2.28. The molecule has 1 fully saturated rings. The Balaban J connectivity index is 2.22. The lowest BCUT2D eigenvalue weighted by Crippen LogP contribution is -2.47. The largest absolute Gasteiger partial charge is 0.488 e. The van der Waals surface area contributed by atoms with E-state index in [-0.39, 0.29) is 16.7 Å². The Morgan fingerprint density at radius 3 is 2.33 bits per heavy atom. The van der Waals surface area contributed by atoms with Crippen molar-refractivity contribution >= 4 is 10.0 Å². The molecule has 1 aromatic carbocycles. The van der Waals surface area contributed by atoms with Crippen molar-refractivity contribution in [1.29, 1.82) is 0 Å². The lowest BCUT2D eigenvalue weighted by Gasteiger charge is -2.31. The molecule has 0 radical (unpaired) electrons. The van der Waals surface area contributed by atoms with Crippen molar-refractivity contribution < 1.29 is 17.5 Å². The average Bonchev–Trinajstić information content (AvgIpc) is 2.41. The molecule has 1 heterocycles. The Morgan fingerprint density at radius 2 is 1.81 bits per heavy atom. The summed E-state index contributed by atoms with van der Waals surface area (Å²) in [5.74, 6) is -0.582. The van der Waals surface area contributed by atoms with Gasteiger partial charge in [-0.05, 0) is 39.1 Å². The van der Waals surface area contributed by atoms with Crippen LogP contribution in [-0.2, 0) is 10.0 Å². The van der Waals surface area contributed by atoms with E-state index in [1.807, 2.05) is 7.05 Å². The quantitative estimate of drug-likeness (QED) is 0.846. The van der Waals surface area contributed by atoms with Gasteiger partial charge >= 0.3 is 0 Å². The van der Waals surface area contributed by atoms with Crippen LogP contribution in [0.2, 0.25) is 0 Å². The van der Waals surface area contributed by atoms with Gasteiger partial charge in [0.2, 0.25) is 10.0 Å². The predicted octanol–water partition coefficient (Wildman–Crippen LogP) is 1.55. The molecule has 1 aromatic rings. The highest BCUT2D eigenvalue weighted by atomic mass is 32.2. The van der Waals surface area contributed by atoms with Gasteiger partial charge in [-0.15, -0.1) is 0 Å². The second-order valence-corrected chi connectivity index (χ2v) is 7.40. The molecule has 0 unspecified atom stereocenters. The van der Waals surface area contributed by atoms with Crippen LogP contribution in [-0.4, -0.2) is 57.0 Å². The predicted molar refractivity (Wildman–Crippen MR) is 78.4 cm³/mol. The van der Waals surface area contributed by atoms with E-state index in [1.54, 1.807) is 13.8 Å². The molecule has 0 atom stereocenters. The summed E-state index contributed by atoms with van der Waals surface area (Å²) in [6, 6.07) is 3.80. The second-order valence-electron chi connectivity index (χ2n) is 5.47. The number of hydrogen-bond donors (Lipinski definition) is 0. The molecule has 0 aliphatic carbocycles. The number of benzene rings is 1. The van der Waals surface area contributed by atoms with Crippen molar-refractivity contribution in [1.82, 2.24) is 9.21 Å². The monoisotopic (exact) mass is 316 g/mol. The van der Waals surface area contributed by atoms with Gasteiger partial charge in [0, 0.05) is 26.2 Å². The van der Waals surface area contributed by atoms with Crippen LogP contribution in [0, 0.1) is 5.82 Å². The van der Waals surface area contributed by atoms with Crippen molar-refractivity contribution in [3.63, 3.8) is 0 Å². The zero-order valence-corrected chi connectivity index (χ0v) is 13.4. The fraction of sp³-hybridized carbons (Fsp3) is 0.571. The molecular formula is C14H21FN2O3S. The van der Waals surface area contributed by atoms with E-state index >= 15 is 0 Å². The van der Waals surface area contributed by atoms with E-state index in [9.17, 15) is 12.8 Å². The van der Waals surface area contributed by atoms with Crippen LogP contribution in [0.1, 0.15) is 13.8 Å². The van der Waals surface area contributed by atoms with Crippen LogP contribution >= 0.6 is 0 Å². The Labute approximate surface area is 125 Å². The van der Waals surface area contributed by atoms with Gasteiger partial charge in [-0.3, -0.25) is 0 Å². The highest BCUT2D eigenvalue weighted by Crippen LogP contribution is 2.24. The summed E-state index contributed by atoms with van der Waals surface area (Å²) in [5, 5.41) is 0. The summed E-state index contributed by atoms with van der Waals surface area (Å²) < 4.78 is 45.6. The molecule has 0 saturated carbocycles. The number of nitrogens with zero attached hydrogens (tertiary/aromatic N) is 2. The molecule has 5 nitrogen and oxygen atoms in total. The number of rotatable bonds is 4. The van der Waals surface area contributed by atoms with Crippen molar-refractivity contribution in [3.8, 4) is 5.75 Å². The van der Waals surface area contributed by atoms with Crippen molar-refractivity contribution in [2.75, 3.05) is 33.2 Å². The summed E-state index contributed by atoms with van der Waals surface area (Å²) in [7, 11) is -1.70. The van der Waals surface area contributed by atoms with E-state index in [0.717, 1.165) is 6.07 Å². The number of sulfonamides is 1. The number of ether oxygens (including phenoxy) is 1. The van der Waals surface area contributed by atoms with Gasteiger partial charge in [-0.25, -0.2) is 12.8 Å². The molecule has 1 aliphatic heterocycles. The summed E-state index contributed by atoms with van der Waals surface area (Å²) in [4.78, 5) is 2.03. The van der Waals surface area contributed by atoms with Crippen molar-refractivity contribution in [3.05, 3.63) is 24.0 Å². The van der Waals surface area contributed by atoms with Crippen LogP contribution in [0.5, 0.6) is 5.75 Å². The van der Waals surface area contributed by atoms with Crippen LogP contribution < -0.4 is 4.74 Å². The molecule has 21 heavy (non-hydrogen) atoms. The zero-order valence-electron chi connectivity index (χ0n) is 12.5. The number of likely N-dealkylation sites (N-methyl/N-ethyl adjacent to an activating group) is 1. The lowest BCUT2D eigenvalue weighted by molar-refractivity contribution is 0.222. The fourth-order valence-electron chi connectivity index (χ4n) is 2.17. The van der Waals surface area contributed by atoms with Gasteiger partial charge in [0.25, 0.3) is 0 Å². The van der Waals surface area contributed by atoms with Gasteiger partial charge in [0.1, 0.15) is 0 Å². The normalized spacial score (nSPS) is 18.1. The van der Waals surface area contributed by atoms with E-state index in [2.05, 4.69) is 4.90 Å². The molecule has 1 saturated heterocycles. The van der Waals surface area contributed by atoms with Gasteiger partial charge in [-0.2, -0.15) is 4.31 Å². The van der Waals surface area contributed by atoms with Crippen LogP contribution in [0.25, 0.3) is 0 Å². The van der Waals surface area contributed by atoms with Crippen LogP contribution in [0.15, 0.2) is 23.1 Å².